The average molecular weight is 647 g/mol. The normalized spacial score (nSPS) is 21.4. The number of halogens is 1. The number of carbonyl (C=O) groups is 1. The summed E-state index contributed by atoms with van der Waals surface area (Å²) in [6.45, 7) is 10.0. The maximum Gasteiger partial charge on any atom is 0.251 e. The van der Waals surface area contributed by atoms with E-state index in [0.29, 0.717) is 30.5 Å². The number of piperidine rings is 1. The predicted octanol–water partition coefficient (Wildman–Crippen LogP) is 6.43. The van der Waals surface area contributed by atoms with E-state index in [4.69, 9.17) is 4.74 Å². The van der Waals surface area contributed by atoms with Gasteiger partial charge in [0, 0.05) is 87.1 Å². The molecule has 8 rings (SSSR count). The van der Waals surface area contributed by atoms with Gasteiger partial charge in [-0.25, -0.2) is 4.39 Å². The molecule has 4 heterocycles. The number of aryl methyl sites for hydroxylation is 1. The van der Waals surface area contributed by atoms with Gasteiger partial charge in [0.2, 0.25) is 0 Å². The fraction of sp³-hybridized carbons (Fsp3) is 0.375. The molecule has 1 amide bonds. The Morgan fingerprint density at radius 2 is 1.71 bits per heavy atom. The van der Waals surface area contributed by atoms with Gasteiger partial charge >= 0.3 is 0 Å². The first kappa shape index (κ1) is 30.8. The van der Waals surface area contributed by atoms with E-state index < -0.39 is 0 Å². The molecular formula is C40H43FN4O3. The van der Waals surface area contributed by atoms with Crippen LogP contribution in [0.1, 0.15) is 62.9 Å². The summed E-state index contributed by atoms with van der Waals surface area (Å²) in [5.74, 6) is 1.23. The molecule has 2 atom stereocenters. The number of nitrogens with zero attached hydrogens (tertiary/aromatic N) is 3. The Hall–Kier alpha value is -4.56. The van der Waals surface area contributed by atoms with Gasteiger partial charge in [0.15, 0.2) is 0 Å². The predicted molar refractivity (Wildman–Crippen MR) is 187 cm³/mol. The number of piperazine rings is 1. The highest BCUT2D eigenvalue weighted by Crippen LogP contribution is 2.47. The largest absolute Gasteiger partial charge is 0.508 e. The highest BCUT2D eigenvalue weighted by molar-refractivity contribution is 5.98. The van der Waals surface area contributed by atoms with Crippen LogP contribution in [0, 0.1) is 18.7 Å². The Labute approximate surface area is 281 Å². The van der Waals surface area contributed by atoms with Crippen LogP contribution >= 0.6 is 0 Å². The Bertz CT molecular complexity index is 1830. The number of ether oxygens (including phenoxy) is 1. The second kappa shape index (κ2) is 12.8. The van der Waals surface area contributed by atoms with Gasteiger partial charge in [-0.2, -0.15) is 0 Å². The number of fused-ring (bicyclic) bond motifs is 2. The molecule has 0 unspecified atom stereocenters. The van der Waals surface area contributed by atoms with E-state index in [2.05, 4.69) is 69.4 Å². The van der Waals surface area contributed by atoms with E-state index in [1.807, 2.05) is 18.2 Å². The zero-order chi connectivity index (χ0) is 32.8. The molecule has 2 fully saturated rings. The number of aromatic hydroxyl groups is 1. The lowest BCUT2D eigenvalue weighted by Gasteiger charge is -2.40. The molecule has 4 aromatic carbocycles. The SMILES string of the molecule is Cc1cccc([C@H]2COc3cc(O)ccc3[C@H]2c2ccc(N3CCC(CN4CCN(c5ccc6c(c5)CNC6=O)CC4)CC3)c(F)c2)c1. The van der Waals surface area contributed by atoms with Crippen LogP contribution in [0.15, 0.2) is 78.9 Å². The smallest absolute Gasteiger partial charge is 0.251 e. The summed E-state index contributed by atoms with van der Waals surface area (Å²) < 4.78 is 22.2. The van der Waals surface area contributed by atoms with Crippen molar-refractivity contribution in [3.63, 3.8) is 0 Å². The summed E-state index contributed by atoms with van der Waals surface area (Å²) >= 11 is 0. The molecule has 0 aromatic heterocycles. The summed E-state index contributed by atoms with van der Waals surface area (Å²) in [5, 5.41) is 13.0. The second-order valence-corrected chi connectivity index (χ2v) is 14.0. The third-order valence-corrected chi connectivity index (χ3v) is 10.9. The second-order valence-electron chi connectivity index (χ2n) is 14.0. The molecule has 0 radical (unpaired) electrons. The van der Waals surface area contributed by atoms with Crippen LogP contribution in [0.3, 0.4) is 0 Å². The maximum absolute atomic E-state index is 16.0. The minimum absolute atomic E-state index is 0.0289. The number of anilines is 2. The van der Waals surface area contributed by atoms with Gasteiger partial charge in [-0.15, -0.1) is 0 Å². The van der Waals surface area contributed by atoms with Crippen LogP contribution in [-0.4, -0.2) is 68.3 Å². The Kier molecular flexibility index (Phi) is 8.20. The molecule has 0 saturated carbocycles. The molecule has 4 aliphatic rings. The van der Waals surface area contributed by atoms with Gasteiger partial charge in [0.1, 0.15) is 17.3 Å². The third kappa shape index (κ3) is 5.98. The maximum atomic E-state index is 16.0. The zero-order valence-corrected chi connectivity index (χ0v) is 27.5. The monoisotopic (exact) mass is 646 g/mol. The molecule has 48 heavy (non-hydrogen) atoms. The zero-order valence-electron chi connectivity index (χ0n) is 27.5. The lowest BCUT2D eigenvalue weighted by atomic mass is 9.75. The molecule has 2 saturated heterocycles. The Balaban J connectivity index is 0.905. The number of phenols is 1. The van der Waals surface area contributed by atoms with E-state index in [9.17, 15) is 9.90 Å². The van der Waals surface area contributed by atoms with Crippen LogP contribution in [0.5, 0.6) is 11.5 Å². The van der Waals surface area contributed by atoms with E-state index >= 15 is 4.39 Å². The molecule has 0 spiro atoms. The topological polar surface area (TPSA) is 68.3 Å². The van der Waals surface area contributed by atoms with Gasteiger partial charge in [-0.3, -0.25) is 9.69 Å². The molecule has 248 valence electrons. The van der Waals surface area contributed by atoms with Gasteiger partial charge in [0.25, 0.3) is 5.91 Å². The molecule has 8 heteroatoms. The lowest BCUT2D eigenvalue weighted by molar-refractivity contribution is 0.0965. The number of carbonyl (C=O) groups excluding carboxylic acids is 1. The molecule has 2 N–H and O–H groups in total. The van der Waals surface area contributed by atoms with Gasteiger partial charge in [-0.1, -0.05) is 42.0 Å². The molecule has 0 aliphatic carbocycles. The lowest BCUT2D eigenvalue weighted by Crippen LogP contribution is -2.49. The van der Waals surface area contributed by atoms with E-state index in [0.717, 1.165) is 80.9 Å². The van der Waals surface area contributed by atoms with Crippen molar-refractivity contribution in [3.05, 3.63) is 118 Å². The van der Waals surface area contributed by atoms with E-state index in [1.54, 1.807) is 18.2 Å². The first-order valence-electron chi connectivity index (χ1n) is 17.3. The van der Waals surface area contributed by atoms with E-state index in [1.165, 1.54) is 16.8 Å². The minimum Gasteiger partial charge on any atom is -0.508 e. The standard InChI is InChI=1S/C40H43FN4O3/c1-26-3-2-4-28(19-26)35-25-48-38-22-32(46)7-9-34(38)39(35)29-5-10-37(36(41)21-29)45-13-11-27(12-14-45)24-43-15-17-44(18-16-43)31-6-8-33-30(20-31)23-42-40(33)47/h2-10,19-22,27,35,39,46H,11-18,23-25H2,1H3,(H,42,47)/t35-,39-/m1/s1. The molecule has 4 aromatic rings. The van der Waals surface area contributed by atoms with Gasteiger partial charge in [0.05, 0.1) is 12.3 Å². The van der Waals surface area contributed by atoms with E-state index in [-0.39, 0.29) is 29.3 Å². The molecule has 4 aliphatic heterocycles. The third-order valence-electron chi connectivity index (χ3n) is 10.9. The van der Waals surface area contributed by atoms with Crippen LogP contribution in [-0.2, 0) is 6.54 Å². The van der Waals surface area contributed by atoms with Crippen molar-refractivity contribution in [1.29, 1.82) is 0 Å². The van der Waals surface area contributed by atoms with Crippen molar-refractivity contribution < 1.29 is 19.0 Å². The number of nitrogens with one attached hydrogen (secondary N) is 1. The summed E-state index contributed by atoms with van der Waals surface area (Å²) in [7, 11) is 0. The van der Waals surface area contributed by atoms with Crippen molar-refractivity contribution in [1.82, 2.24) is 10.2 Å². The molecule has 7 nitrogen and oxygen atoms in total. The Morgan fingerprint density at radius 3 is 2.50 bits per heavy atom. The average Bonchev–Trinajstić information content (AvgIpc) is 3.48. The fourth-order valence-electron chi connectivity index (χ4n) is 8.30. The minimum atomic E-state index is -0.177. The Morgan fingerprint density at radius 1 is 0.875 bits per heavy atom. The van der Waals surface area contributed by atoms with Crippen LogP contribution in [0.25, 0.3) is 0 Å². The van der Waals surface area contributed by atoms with Gasteiger partial charge < -0.3 is 25.0 Å². The van der Waals surface area contributed by atoms with Gasteiger partial charge in [-0.05, 0) is 78.8 Å². The fourth-order valence-corrected chi connectivity index (χ4v) is 8.30. The van der Waals surface area contributed by atoms with Crippen molar-refractivity contribution in [3.8, 4) is 11.5 Å². The molecular weight excluding hydrogens is 603 g/mol. The number of hydrogen-bond donors (Lipinski definition) is 2. The van der Waals surface area contributed by atoms with Crippen LogP contribution in [0.2, 0.25) is 0 Å². The van der Waals surface area contributed by atoms with Crippen molar-refractivity contribution >= 4 is 17.3 Å². The van der Waals surface area contributed by atoms with Crippen molar-refractivity contribution in [2.24, 2.45) is 5.92 Å². The number of phenolic OH excluding ortho intramolecular Hbond substituents is 1. The quantitative estimate of drug-likeness (QED) is 0.252. The number of amides is 1. The number of hydrogen-bond acceptors (Lipinski definition) is 6. The van der Waals surface area contributed by atoms with Crippen molar-refractivity contribution in [2.45, 2.75) is 38.1 Å². The first-order chi connectivity index (χ1) is 23.4. The summed E-state index contributed by atoms with van der Waals surface area (Å²) in [4.78, 5) is 19.2. The number of rotatable bonds is 6. The summed E-state index contributed by atoms with van der Waals surface area (Å²) in [6.07, 6.45) is 2.11. The first-order valence-corrected chi connectivity index (χ1v) is 17.3. The van der Waals surface area contributed by atoms with Crippen molar-refractivity contribution in [2.75, 3.05) is 62.2 Å². The molecule has 0 bridgehead atoms. The summed E-state index contributed by atoms with van der Waals surface area (Å²) in [6, 6.07) is 25.8. The highest BCUT2D eigenvalue weighted by atomic mass is 19.1. The number of benzene rings is 4. The highest BCUT2D eigenvalue weighted by Gasteiger charge is 2.35. The van der Waals surface area contributed by atoms with Crippen LogP contribution < -0.4 is 19.9 Å². The van der Waals surface area contributed by atoms with Crippen LogP contribution in [0.4, 0.5) is 15.8 Å². The summed E-state index contributed by atoms with van der Waals surface area (Å²) in [5.41, 5.74) is 8.04.